The van der Waals surface area contributed by atoms with Crippen molar-refractivity contribution in [2.75, 3.05) is 13.7 Å². The van der Waals surface area contributed by atoms with Crippen LogP contribution in [-0.4, -0.2) is 31.6 Å². The SMILES string of the molecule is CNC(=O)NC(=O)COC(=O)Cc1ccc(-c2ccccc2)cc1. The van der Waals surface area contributed by atoms with Crippen molar-refractivity contribution in [3.63, 3.8) is 0 Å². The molecule has 2 rings (SSSR count). The summed E-state index contributed by atoms with van der Waals surface area (Å²) >= 11 is 0. The Balaban J connectivity index is 1.84. The second-order valence-electron chi connectivity index (χ2n) is 5.03. The molecule has 0 spiro atoms. The summed E-state index contributed by atoms with van der Waals surface area (Å²) in [5.41, 5.74) is 2.93. The monoisotopic (exact) mass is 326 g/mol. The van der Waals surface area contributed by atoms with E-state index in [2.05, 4.69) is 5.32 Å². The summed E-state index contributed by atoms with van der Waals surface area (Å²) in [5, 5.41) is 4.24. The van der Waals surface area contributed by atoms with Crippen LogP contribution in [-0.2, 0) is 20.7 Å². The van der Waals surface area contributed by atoms with Gasteiger partial charge in [-0.1, -0.05) is 54.6 Å². The highest BCUT2D eigenvalue weighted by Crippen LogP contribution is 2.19. The fourth-order valence-corrected chi connectivity index (χ4v) is 2.03. The number of rotatable bonds is 5. The first-order valence-corrected chi connectivity index (χ1v) is 7.40. The van der Waals surface area contributed by atoms with Crippen molar-refractivity contribution in [3.8, 4) is 11.1 Å². The number of carbonyl (C=O) groups is 3. The molecule has 124 valence electrons. The fraction of sp³-hybridized carbons (Fsp3) is 0.167. The summed E-state index contributed by atoms with van der Waals surface area (Å²) < 4.78 is 4.84. The molecular weight excluding hydrogens is 308 g/mol. The highest BCUT2D eigenvalue weighted by atomic mass is 16.5. The van der Waals surface area contributed by atoms with Crippen molar-refractivity contribution in [1.29, 1.82) is 0 Å². The van der Waals surface area contributed by atoms with Gasteiger partial charge in [-0.2, -0.15) is 0 Å². The van der Waals surface area contributed by atoms with E-state index in [0.717, 1.165) is 16.7 Å². The van der Waals surface area contributed by atoms with E-state index in [0.29, 0.717) is 0 Å². The largest absolute Gasteiger partial charge is 0.455 e. The van der Waals surface area contributed by atoms with Gasteiger partial charge in [-0.05, 0) is 16.7 Å². The van der Waals surface area contributed by atoms with Crippen molar-refractivity contribution in [2.24, 2.45) is 0 Å². The Bertz CT molecular complexity index is 712. The molecule has 0 aliphatic carbocycles. The molecular formula is C18H18N2O4. The molecule has 2 N–H and O–H groups in total. The van der Waals surface area contributed by atoms with Crippen LogP contribution in [0.1, 0.15) is 5.56 Å². The number of hydrogen-bond acceptors (Lipinski definition) is 4. The van der Waals surface area contributed by atoms with Gasteiger partial charge in [0.1, 0.15) is 0 Å². The summed E-state index contributed by atoms with van der Waals surface area (Å²) in [4.78, 5) is 34.0. The van der Waals surface area contributed by atoms with Gasteiger partial charge in [-0.3, -0.25) is 14.9 Å². The molecule has 0 saturated heterocycles. The first-order chi connectivity index (χ1) is 11.6. The number of amides is 3. The van der Waals surface area contributed by atoms with E-state index in [-0.39, 0.29) is 6.42 Å². The van der Waals surface area contributed by atoms with E-state index < -0.39 is 24.5 Å². The molecule has 0 aliphatic rings. The molecule has 3 amide bonds. The second-order valence-corrected chi connectivity index (χ2v) is 5.03. The van der Waals surface area contributed by atoms with E-state index >= 15 is 0 Å². The maximum Gasteiger partial charge on any atom is 0.321 e. The lowest BCUT2D eigenvalue weighted by molar-refractivity contribution is -0.147. The normalized spacial score (nSPS) is 9.88. The number of carbonyl (C=O) groups excluding carboxylic acids is 3. The van der Waals surface area contributed by atoms with Crippen molar-refractivity contribution >= 4 is 17.9 Å². The van der Waals surface area contributed by atoms with E-state index in [1.165, 1.54) is 7.05 Å². The van der Waals surface area contributed by atoms with E-state index in [1.54, 1.807) is 0 Å². The van der Waals surface area contributed by atoms with Crippen molar-refractivity contribution in [3.05, 3.63) is 60.2 Å². The Hall–Kier alpha value is -3.15. The molecule has 24 heavy (non-hydrogen) atoms. The number of urea groups is 1. The molecule has 0 atom stereocenters. The minimum Gasteiger partial charge on any atom is -0.455 e. The quantitative estimate of drug-likeness (QED) is 0.822. The van der Waals surface area contributed by atoms with Gasteiger partial charge in [0, 0.05) is 7.05 Å². The first-order valence-electron chi connectivity index (χ1n) is 7.40. The molecule has 0 aromatic heterocycles. The third-order valence-electron chi connectivity index (χ3n) is 3.25. The van der Waals surface area contributed by atoms with Crippen LogP contribution in [0.4, 0.5) is 4.79 Å². The summed E-state index contributed by atoms with van der Waals surface area (Å²) in [5.74, 6) is -1.21. The molecule has 6 nitrogen and oxygen atoms in total. The predicted octanol–water partition coefficient (Wildman–Crippen LogP) is 1.89. The number of hydrogen-bond donors (Lipinski definition) is 2. The lowest BCUT2D eigenvalue weighted by Gasteiger charge is -2.06. The summed E-state index contributed by atoms with van der Waals surface area (Å²) in [7, 11) is 1.38. The number of esters is 1. The lowest BCUT2D eigenvalue weighted by Crippen LogP contribution is -2.39. The van der Waals surface area contributed by atoms with Crippen LogP contribution in [0.2, 0.25) is 0 Å². The van der Waals surface area contributed by atoms with Crippen LogP contribution in [0.25, 0.3) is 11.1 Å². The van der Waals surface area contributed by atoms with Gasteiger partial charge in [-0.15, -0.1) is 0 Å². The average molecular weight is 326 g/mol. The molecule has 0 unspecified atom stereocenters. The Labute approximate surface area is 139 Å². The lowest BCUT2D eigenvalue weighted by atomic mass is 10.0. The van der Waals surface area contributed by atoms with Crippen LogP contribution in [0.5, 0.6) is 0 Å². The van der Waals surface area contributed by atoms with Gasteiger partial charge in [0.25, 0.3) is 5.91 Å². The van der Waals surface area contributed by atoms with Crippen LogP contribution < -0.4 is 10.6 Å². The van der Waals surface area contributed by atoms with Crippen molar-refractivity contribution in [2.45, 2.75) is 6.42 Å². The molecule has 0 fully saturated rings. The van der Waals surface area contributed by atoms with Crippen LogP contribution in [0, 0.1) is 0 Å². The Morgan fingerprint density at radius 2 is 1.54 bits per heavy atom. The average Bonchev–Trinajstić information content (AvgIpc) is 2.61. The minimum absolute atomic E-state index is 0.0579. The predicted molar refractivity (Wildman–Crippen MR) is 89.1 cm³/mol. The molecule has 0 radical (unpaired) electrons. The molecule has 0 saturated carbocycles. The smallest absolute Gasteiger partial charge is 0.321 e. The second kappa shape index (κ2) is 8.47. The topological polar surface area (TPSA) is 84.5 Å². The number of ether oxygens (including phenoxy) is 1. The van der Waals surface area contributed by atoms with Gasteiger partial charge in [0.2, 0.25) is 0 Å². The number of benzene rings is 2. The third kappa shape index (κ3) is 5.24. The van der Waals surface area contributed by atoms with Gasteiger partial charge in [0.15, 0.2) is 6.61 Å². The Morgan fingerprint density at radius 1 is 0.917 bits per heavy atom. The molecule has 0 heterocycles. The molecule has 6 heteroatoms. The van der Waals surface area contributed by atoms with Gasteiger partial charge in [0.05, 0.1) is 6.42 Å². The van der Waals surface area contributed by atoms with Gasteiger partial charge >= 0.3 is 12.0 Å². The van der Waals surface area contributed by atoms with Gasteiger partial charge in [-0.25, -0.2) is 4.79 Å². The standard InChI is InChI=1S/C18H18N2O4/c1-19-18(23)20-16(21)12-24-17(22)11-13-7-9-15(10-8-13)14-5-3-2-4-6-14/h2-10H,11-12H2,1H3,(H2,19,20,21,23). The Kier molecular flexibility index (Phi) is 6.08. The molecule has 2 aromatic carbocycles. The molecule has 0 bridgehead atoms. The van der Waals surface area contributed by atoms with Crippen molar-refractivity contribution in [1.82, 2.24) is 10.6 Å². The van der Waals surface area contributed by atoms with Crippen LogP contribution in [0.3, 0.4) is 0 Å². The molecule has 0 aliphatic heterocycles. The van der Waals surface area contributed by atoms with Crippen LogP contribution >= 0.6 is 0 Å². The maximum atomic E-state index is 11.7. The highest BCUT2D eigenvalue weighted by molar-refractivity contribution is 5.95. The zero-order valence-corrected chi connectivity index (χ0v) is 13.2. The zero-order chi connectivity index (χ0) is 17.4. The van der Waals surface area contributed by atoms with E-state index in [9.17, 15) is 14.4 Å². The molecule has 2 aromatic rings. The van der Waals surface area contributed by atoms with Crippen LogP contribution in [0.15, 0.2) is 54.6 Å². The summed E-state index contributed by atoms with van der Waals surface area (Å²) in [6.45, 7) is -0.492. The maximum absolute atomic E-state index is 11.7. The summed E-state index contributed by atoms with van der Waals surface area (Å²) in [6.07, 6.45) is 0.0579. The third-order valence-corrected chi connectivity index (χ3v) is 3.25. The van der Waals surface area contributed by atoms with E-state index in [1.807, 2.05) is 59.9 Å². The number of imide groups is 1. The van der Waals surface area contributed by atoms with Crippen molar-refractivity contribution < 1.29 is 19.1 Å². The Morgan fingerprint density at radius 3 is 2.17 bits per heavy atom. The minimum atomic E-state index is -0.679. The number of nitrogens with one attached hydrogen (secondary N) is 2. The summed E-state index contributed by atoms with van der Waals surface area (Å²) in [6, 6.07) is 16.8. The first kappa shape index (κ1) is 17.2. The zero-order valence-electron chi connectivity index (χ0n) is 13.2. The van der Waals surface area contributed by atoms with Gasteiger partial charge < -0.3 is 10.1 Å². The fourth-order valence-electron chi connectivity index (χ4n) is 2.03. The van der Waals surface area contributed by atoms with E-state index in [4.69, 9.17) is 4.74 Å². The highest BCUT2D eigenvalue weighted by Gasteiger charge is 2.10.